The van der Waals surface area contributed by atoms with Crippen LogP contribution in [0.2, 0.25) is 0 Å². The summed E-state index contributed by atoms with van der Waals surface area (Å²) in [5.74, 6) is 0.928. The predicted octanol–water partition coefficient (Wildman–Crippen LogP) is 2.70. The van der Waals surface area contributed by atoms with Crippen molar-refractivity contribution in [3.8, 4) is 17.1 Å². The Bertz CT molecular complexity index is 883. The molecule has 1 aromatic heterocycles. The second-order valence-corrected chi connectivity index (χ2v) is 6.19. The third-order valence-corrected chi connectivity index (χ3v) is 3.95. The van der Waals surface area contributed by atoms with Crippen LogP contribution in [-0.2, 0) is 17.9 Å². The maximum Gasteiger partial charge on any atom is 0.308 e. The minimum Gasteiger partial charge on any atom is -0.426 e. The van der Waals surface area contributed by atoms with Crippen molar-refractivity contribution in [3.05, 3.63) is 58.7 Å². The van der Waals surface area contributed by atoms with E-state index >= 15 is 0 Å². The molecule has 0 amide bonds. The summed E-state index contributed by atoms with van der Waals surface area (Å²) in [6, 6.07) is 12.1. The van der Waals surface area contributed by atoms with Gasteiger partial charge >= 0.3 is 5.97 Å². The Labute approximate surface area is 151 Å². The maximum absolute atomic E-state index is 11.2. The van der Waals surface area contributed by atoms with E-state index in [4.69, 9.17) is 4.74 Å². The third kappa shape index (κ3) is 4.31. The molecule has 7 heteroatoms. The van der Waals surface area contributed by atoms with Crippen LogP contribution in [0.3, 0.4) is 0 Å². The van der Waals surface area contributed by atoms with Crippen LogP contribution in [0.25, 0.3) is 11.4 Å². The summed E-state index contributed by atoms with van der Waals surface area (Å²) in [7, 11) is 0. The first-order valence-corrected chi connectivity index (χ1v) is 8.35. The Morgan fingerprint density at radius 1 is 1.12 bits per heavy atom. The number of aryl methyl sites for hydroxylation is 2. The fraction of sp³-hybridized carbons (Fsp3) is 0.263. The number of nitrogens with one attached hydrogen (secondary N) is 2. The minimum atomic E-state index is -0.302. The highest BCUT2D eigenvalue weighted by Gasteiger charge is 2.09. The number of hydrogen-bond donors (Lipinski definition) is 2. The van der Waals surface area contributed by atoms with E-state index in [1.165, 1.54) is 6.92 Å². The zero-order chi connectivity index (χ0) is 18.5. The molecule has 2 N–H and O–H groups in total. The molecule has 0 bridgehead atoms. The number of esters is 1. The van der Waals surface area contributed by atoms with Crippen molar-refractivity contribution in [3.63, 3.8) is 0 Å². The van der Waals surface area contributed by atoms with Gasteiger partial charge in [-0.05, 0) is 47.4 Å². The van der Waals surface area contributed by atoms with E-state index in [-0.39, 0.29) is 5.97 Å². The van der Waals surface area contributed by atoms with Crippen LogP contribution in [0.15, 0.2) is 36.4 Å². The fourth-order valence-electron chi connectivity index (χ4n) is 2.90. The van der Waals surface area contributed by atoms with Crippen LogP contribution in [0, 0.1) is 13.8 Å². The molecule has 1 heterocycles. The van der Waals surface area contributed by atoms with Crippen molar-refractivity contribution < 1.29 is 9.53 Å². The normalized spacial score (nSPS) is 10.7. The van der Waals surface area contributed by atoms with Crippen LogP contribution < -0.4 is 10.1 Å². The molecule has 3 rings (SSSR count). The SMILES string of the molecule is CC(=O)Oc1c(C)cc(CNCc2cccc(-c3nn[nH]n3)c2)cc1C. The predicted molar refractivity (Wildman–Crippen MR) is 97.4 cm³/mol. The maximum atomic E-state index is 11.2. The quantitative estimate of drug-likeness (QED) is 0.524. The Morgan fingerprint density at radius 2 is 1.85 bits per heavy atom. The Balaban J connectivity index is 1.63. The van der Waals surface area contributed by atoms with E-state index in [1.54, 1.807) is 0 Å². The second-order valence-electron chi connectivity index (χ2n) is 6.19. The number of tetrazole rings is 1. The number of H-pyrrole nitrogens is 1. The summed E-state index contributed by atoms with van der Waals surface area (Å²) in [5.41, 5.74) is 5.12. The monoisotopic (exact) mass is 351 g/mol. The lowest BCUT2D eigenvalue weighted by Gasteiger charge is -2.12. The first kappa shape index (κ1) is 17.8. The molecule has 0 aliphatic rings. The summed E-state index contributed by atoms with van der Waals surface area (Å²) >= 11 is 0. The van der Waals surface area contributed by atoms with Gasteiger partial charge in [-0.1, -0.05) is 30.3 Å². The standard InChI is InChI=1S/C19H21N5O2/c1-12-7-16(8-13(2)18(12)26-14(3)25)11-20-10-15-5-4-6-17(9-15)19-21-23-24-22-19/h4-9,20H,10-11H2,1-3H3,(H,21,22,23,24). The van der Waals surface area contributed by atoms with Gasteiger partial charge in [0, 0.05) is 25.6 Å². The molecule has 7 nitrogen and oxygen atoms in total. The lowest BCUT2D eigenvalue weighted by molar-refractivity contribution is -0.131. The lowest BCUT2D eigenvalue weighted by Crippen LogP contribution is -2.13. The third-order valence-electron chi connectivity index (χ3n) is 3.95. The second kappa shape index (κ2) is 7.88. The molecule has 0 aliphatic carbocycles. The highest BCUT2D eigenvalue weighted by molar-refractivity contribution is 5.70. The molecule has 0 radical (unpaired) electrons. The number of aromatic nitrogens is 4. The van der Waals surface area contributed by atoms with E-state index in [0.29, 0.717) is 18.1 Å². The number of nitrogens with zero attached hydrogens (tertiary/aromatic N) is 3. The van der Waals surface area contributed by atoms with Gasteiger partial charge in [-0.25, -0.2) is 0 Å². The zero-order valence-corrected chi connectivity index (χ0v) is 15.0. The van der Waals surface area contributed by atoms with Gasteiger partial charge in [0.15, 0.2) is 0 Å². The van der Waals surface area contributed by atoms with E-state index in [0.717, 1.165) is 34.4 Å². The Hall–Kier alpha value is -3.06. The van der Waals surface area contributed by atoms with Gasteiger partial charge in [-0.2, -0.15) is 5.21 Å². The molecule has 0 spiro atoms. The summed E-state index contributed by atoms with van der Waals surface area (Å²) in [6.45, 7) is 6.74. The Morgan fingerprint density at radius 3 is 2.50 bits per heavy atom. The van der Waals surface area contributed by atoms with E-state index in [2.05, 4.69) is 32.0 Å². The molecule has 26 heavy (non-hydrogen) atoms. The molecule has 0 saturated heterocycles. The van der Waals surface area contributed by atoms with Gasteiger partial charge in [-0.3, -0.25) is 4.79 Å². The van der Waals surface area contributed by atoms with Gasteiger partial charge in [0.1, 0.15) is 5.75 Å². The van der Waals surface area contributed by atoms with Crippen molar-refractivity contribution in [2.75, 3.05) is 0 Å². The number of hydrogen-bond acceptors (Lipinski definition) is 6. The van der Waals surface area contributed by atoms with Crippen LogP contribution >= 0.6 is 0 Å². The molecule has 2 aromatic carbocycles. The average molecular weight is 351 g/mol. The fourth-order valence-corrected chi connectivity index (χ4v) is 2.90. The summed E-state index contributed by atoms with van der Waals surface area (Å²) < 4.78 is 5.27. The zero-order valence-electron chi connectivity index (χ0n) is 15.0. The van der Waals surface area contributed by atoms with Gasteiger partial charge in [0.2, 0.25) is 5.82 Å². The van der Waals surface area contributed by atoms with Crippen LogP contribution in [0.4, 0.5) is 0 Å². The smallest absolute Gasteiger partial charge is 0.308 e. The largest absolute Gasteiger partial charge is 0.426 e. The number of aromatic amines is 1. The minimum absolute atomic E-state index is 0.302. The molecule has 0 aliphatic heterocycles. The number of carbonyl (C=O) groups is 1. The topological polar surface area (TPSA) is 92.8 Å². The molecule has 0 unspecified atom stereocenters. The van der Waals surface area contributed by atoms with Crippen LogP contribution in [-0.4, -0.2) is 26.6 Å². The first-order chi connectivity index (χ1) is 12.5. The van der Waals surface area contributed by atoms with Crippen molar-refractivity contribution >= 4 is 5.97 Å². The number of ether oxygens (including phenoxy) is 1. The van der Waals surface area contributed by atoms with Gasteiger partial charge in [0.05, 0.1) is 0 Å². The van der Waals surface area contributed by atoms with E-state index in [1.807, 2.05) is 44.2 Å². The average Bonchev–Trinajstić information content (AvgIpc) is 3.13. The Kier molecular flexibility index (Phi) is 5.38. The highest BCUT2D eigenvalue weighted by Crippen LogP contribution is 2.25. The molecule has 3 aromatic rings. The summed E-state index contributed by atoms with van der Waals surface area (Å²) in [6.07, 6.45) is 0. The molecular formula is C19H21N5O2. The molecular weight excluding hydrogens is 330 g/mol. The number of rotatable bonds is 6. The van der Waals surface area contributed by atoms with Crippen molar-refractivity contribution in [1.29, 1.82) is 0 Å². The molecule has 0 fully saturated rings. The van der Waals surface area contributed by atoms with Crippen LogP contribution in [0.5, 0.6) is 5.75 Å². The van der Waals surface area contributed by atoms with Crippen molar-refractivity contribution in [2.24, 2.45) is 0 Å². The number of benzene rings is 2. The van der Waals surface area contributed by atoms with Crippen LogP contribution in [0.1, 0.15) is 29.2 Å². The molecule has 134 valence electrons. The van der Waals surface area contributed by atoms with Crippen molar-refractivity contribution in [1.82, 2.24) is 25.9 Å². The van der Waals surface area contributed by atoms with E-state index < -0.39 is 0 Å². The van der Waals surface area contributed by atoms with Crippen molar-refractivity contribution in [2.45, 2.75) is 33.9 Å². The lowest BCUT2D eigenvalue weighted by atomic mass is 10.1. The molecule has 0 atom stereocenters. The highest BCUT2D eigenvalue weighted by atomic mass is 16.5. The van der Waals surface area contributed by atoms with Gasteiger partial charge in [0.25, 0.3) is 0 Å². The molecule has 0 saturated carbocycles. The number of carbonyl (C=O) groups excluding carboxylic acids is 1. The van der Waals surface area contributed by atoms with E-state index in [9.17, 15) is 4.79 Å². The first-order valence-electron chi connectivity index (χ1n) is 8.35. The van der Waals surface area contributed by atoms with Gasteiger partial charge < -0.3 is 10.1 Å². The summed E-state index contributed by atoms with van der Waals surface area (Å²) in [4.78, 5) is 11.2. The van der Waals surface area contributed by atoms with Gasteiger partial charge in [-0.15, -0.1) is 10.2 Å². The summed E-state index contributed by atoms with van der Waals surface area (Å²) in [5, 5.41) is 17.5.